The normalized spacial score (nSPS) is 18.5. The first kappa shape index (κ1) is 26.2. The summed E-state index contributed by atoms with van der Waals surface area (Å²) in [7, 11) is 4.01. The first-order valence-electron chi connectivity index (χ1n) is 13.6. The van der Waals surface area contributed by atoms with Crippen LogP contribution in [0.2, 0.25) is 0 Å². The molecule has 4 aromatic heterocycles. The Bertz CT molecular complexity index is 1470. The third-order valence-corrected chi connectivity index (χ3v) is 7.94. The zero-order chi connectivity index (χ0) is 27.3. The lowest BCUT2D eigenvalue weighted by atomic mass is 9.95. The largest absolute Gasteiger partial charge is 0.353 e. The van der Waals surface area contributed by atoms with Crippen molar-refractivity contribution in [2.75, 3.05) is 38.6 Å². The number of aryl methyl sites for hydroxylation is 1. The zero-order valence-corrected chi connectivity index (χ0v) is 23.9. The summed E-state index contributed by atoms with van der Waals surface area (Å²) in [6.07, 6.45) is 4.22. The van der Waals surface area contributed by atoms with E-state index in [1.54, 1.807) is 6.33 Å². The Morgan fingerprint density at radius 1 is 1.13 bits per heavy atom. The SMILES string of the molecule is Cc1c(-c2[nH]c3ccc(N4C[C@@H](C)N(C(=O)CCN(C)C)[C@@H](C)C4)nc3c2C(C)C)cn2ncnc2c1C. The number of fused-ring (bicyclic) bond motifs is 2. The number of rotatable bonds is 6. The average molecular weight is 517 g/mol. The number of anilines is 1. The topological polar surface area (TPSA) is 85.7 Å². The van der Waals surface area contributed by atoms with Crippen LogP contribution in [0.25, 0.3) is 27.9 Å². The third-order valence-electron chi connectivity index (χ3n) is 7.94. The summed E-state index contributed by atoms with van der Waals surface area (Å²) < 4.78 is 1.86. The minimum atomic E-state index is 0.122. The molecule has 1 saturated heterocycles. The van der Waals surface area contributed by atoms with Crippen molar-refractivity contribution in [1.29, 1.82) is 0 Å². The van der Waals surface area contributed by atoms with Gasteiger partial charge in [0.2, 0.25) is 5.91 Å². The van der Waals surface area contributed by atoms with E-state index in [4.69, 9.17) is 4.98 Å². The van der Waals surface area contributed by atoms with Crippen molar-refractivity contribution < 1.29 is 4.79 Å². The number of hydrogen-bond acceptors (Lipinski definition) is 6. The van der Waals surface area contributed by atoms with Gasteiger partial charge in [0.05, 0.1) is 16.7 Å². The minimum absolute atomic E-state index is 0.122. The van der Waals surface area contributed by atoms with Crippen molar-refractivity contribution in [2.45, 2.75) is 66.0 Å². The van der Waals surface area contributed by atoms with Gasteiger partial charge in [-0.15, -0.1) is 0 Å². The number of carbonyl (C=O) groups is 1. The quantitative estimate of drug-likeness (QED) is 0.409. The number of aromatic nitrogens is 5. The van der Waals surface area contributed by atoms with Crippen LogP contribution in [0.1, 0.15) is 56.7 Å². The van der Waals surface area contributed by atoms with Gasteiger partial charge in [-0.1, -0.05) is 13.8 Å². The summed E-state index contributed by atoms with van der Waals surface area (Å²) in [6.45, 7) is 15.3. The molecule has 2 atom stereocenters. The molecule has 0 aliphatic carbocycles. The Morgan fingerprint density at radius 2 is 1.84 bits per heavy atom. The fraction of sp³-hybridized carbons (Fsp3) is 0.517. The van der Waals surface area contributed by atoms with E-state index in [9.17, 15) is 4.79 Å². The fourth-order valence-corrected chi connectivity index (χ4v) is 5.93. The Balaban J connectivity index is 1.50. The fourth-order valence-electron chi connectivity index (χ4n) is 5.93. The van der Waals surface area contributed by atoms with E-state index in [0.29, 0.717) is 6.42 Å². The number of pyridine rings is 2. The molecule has 1 amide bonds. The molecule has 5 heterocycles. The highest BCUT2D eigenvalue weighted by Crippen LogP contribution is 2.38. The monoisotopic (exact) mass is 516 g/mol. The second-order valence-corrected chi connectivity index (χ2v) is 11.4. The van der Waals surface area contributed by atoms with Crippen molar-refractivity contribution in [2.24, 2.45) is 0 Å². The van der Waals surface area contributed by atoms with Crippen molar-refractivity contribution in [3.63, 3.8) is 0 Å². The van der Waals surface area contributed by atoms with Gasteiger partial charge in [0.1, 0.15) is 12.1 Å². The summed E-state index contributed by atoms with van der Waals surface area (Å²) in [5, 5.41) is 4.40. The molecule has 1 aliphatic heterocycles. The lowest BCUT2D eigenvalue weighted by Crippen LogP contribution is -2.59. The maximum absolute atomic E-state index is 13.0. The molecule has 4 aromatic rings. The van der Waals surface area contributed by atoms with Gasteiger partial charge in [0.25, 0.3) is 0 Å². The number of piperazine rings is 1. The maximum atomic E-state index is 13.0. The summed E-state index contributed by atoms with van der Waals surface area (Å²) in [4.78, 5) is 32.7. The first-order valence-corrected chi connectivity index (χ1v) is 13.6. The van der Waals surface area contributed by atoms with E-state index in [1.165, 1.54) is 11.1 Å². The van der Waals surface area contributed by atoms with Crippen LogP contribution in [0.5, 0.6) is 0 Å². The number of aromatic amines is 1. The molecule has 1 aliphatic rings. The Morgan fingerprint density at radius 3 is 2.50 bits per heavy atom. The van der Waals surface area contributed by atoms with E-state index in [0.717, 1.165) is 59.0 Å². The van der Waals surface area contributed by atoms with Crippen LogP contribution in [-0.4, -0.2) is 86.1 Å². The van der Waals surface area contributed by atoms with Crippen LogP contribution >= 0.6 is 0 Å². The van der Waals surface area contributed by atoms with E-state index in [1.807, 2.05) is 18.6 Å². The van der Waals surface area contributed by atoms with Crippen molar-refractivity contribution in [3.8, 4) is 11.3 Å². The van der Waals surface area contributed by atoms with Crippen LogP contribution in [0, 0.1) is 13.8 Å². The van der Waals surface area contributed by atoms with Crippen molar-refractivity contribution in [3.05, 3.63) is 41.3 Å². The molecule has 0 radical (unpaired) electrons. The summed E-state index contributed by atoms with van der Waals surface area (Å²) in [6, 6.07) is 4.50. The standard InChI is InChI=1S/C29H40N8O/c1-17(2)26-27(22-15-36-29(30-16-31-36)21(6)20(22)5)32-23-9-10-24(33-28(23)26)35-13-18(3)37(19(4)14-35)25(38)11-12-34(7)8/h9-10,15-19,32H,11-14H2,1-8H3/t18-,19+. The molecule has 0 spiro atoms. The second kappa shape index (κ2) is 10.0. The predicted octanol–water partition coefficient (Wildman–Crippen LogP) is 4.39. The molecule has 0 bridgehead atoms. The van der Waals surface area contributed by atoms with Crippen LogP contribution in [0.4, 0.5) is 5.82 Å². The summed E-state index contributed by atoms with van der Waals surface area (Å²) >= 11 is 0. The Kier molecular flexibility index (Phi) is 6.90. The smallest absolute Gasteiger partial charge is 0.224 e. The van der Waals surface area contributed by atoms with Gasteiger partial charge >= 0.3 is 0 Å². The average Bonchev–Trinajstić information content (AvgIpc) is 3.48. The predicted molar refractivity (Wildman–Crippen MR) is 153 cm³/mol. The number of hydrogen-bond donors (Lipinski definition) is 1. The first-order chi connectivity index (χ1) is 18.1. The summed E-state index contributed by atoms with van der Waals surface area (Å²) in [5.41, 5.74) is 8.67. The lowest BCUT2D eigenvalue weighted by molar-refractivity contribution is -0.136. The van der Waals surface area contributed by atoms with Crippen LogP contribution < -0.4 is 4.90 Å². The molecule has 5 rings (SSSR count). The highest BCUT2D eigenvalue weighted by atomic mass is 16.2. The van der Waals surface area contributed by atoms with Crippen molar-refractivity contribution >= 4 is 28.4 Å². The van der Waals surface area contributed by atoms with Gasteiger partial charge in [-0.25, -0.2) is 14.5 Å². The number of amides is 1. The van der Waals surface area contributed by atoms with Gasteiger partial charge in [0, 0.05) is 55.5 Å². The molecule has 1 N–H and O–H groups in total. The number of nitrogens with one attached hydrogen (secondary N) is 1. The van der Waals surface area contributed by atoms with Crippen molar-refractivity contribution in [1.82, 2.24) is 34.4 Å². The molecule has 9 nitrogen and oxygen atoms in total. The summed E-state index contributed by atoms with van der Waals surface area (Å²) in [5.74, 6) is 1.47. The number of H-pyrrole nitrogens is 1. The molecule has 0 unspecified atom stereocenters. The second-order valence-electron chi connectivity index (χ2n) is 11.4. The van der Waals surface area contributed by atoms with E-state index in [2.05, 4.69) is 89.6 Å². The van der Waals surface area contributed by atoms with Gasteiger partial charge in [0.15, 0.2) is 5.65 Å². The van der Waals surface area contributed by atoms with Gasteiger partial charge in [-0.2, -0.15) is 5.10 Å². The molecule has 38 heavy (non-hydrogen) atoms. The number of nitrogens with zero attached hydrogens (tertiary/aromatic N) is 7. The molecular weight excluding hydrogens is 476 g/mol. The minimum Gasteiger partial charge on any atom is -0.353 e. The highest BCUT2D eigenvalue weighted by Gasteiger charge is 2.33. The molecule has 0 saturated carbocycles. The molecular formula is C29H40N8O. The van der Waals surface area contributed by atoms with Crippen LogP contribution in [-0.2, 0) is 4.79 Å². The van der Waals surface area contributed by atoms with Gasteiger partial charge in [-0.05, 0) is 71.0 Å². The zero-order valence-electron chi connectivity index (χ0n) is 23.9. The number of carbonyl (C=O) groups excluding carboxylic acids is 1. The van der Waals surface area contributed by atoms with Crippen LogP contribution in [0.15, 0.2) is 24.7 Å². The Hall–Kier alpha value is -3.46. The van der Waals surface area contributed by atoms with E-state index >= 15 is 0 Å². The molecule has 202 valence electrons. The Labute approximate surface area is 224 Å². The lowest BCUT2D eigenvalue weighted by Gasteiger charge is -2.45. The van der Waals surface area contributed by atoms with Crippen LogP contribution in [0.3, 0.4) is 0 Å². The van der Waals surface area contributed by atoms with Gasteiger partial charge in [-0.3, -0.25) is 4.79 Å². The van der Waals surface area contributed by atoms with E-state index in [-0.39, 0.29) is 23.9 Å². The highest BCUT2D eigenvalue weighted by molar-refractivity contribution is 5.90. The molecule has 0 aromatic carbocycles. The van der Waals surface area contributed by atoms with Gasteiger partial charge < -0.3 is 19.7 Å². The maximum Gasteiger partial charge on any atom is 0.224 e. The molecule has 1 fully saturated rings. The third kappa shape index (κ3) is 4.53. The van der Waals surface area contributed by atoms with E-state index < -0.39 is 0 Å². The molecule has 9 heteroatoms.